The van der Waals surface area contributed by atoms with Crippen LogP contribution in [-0.2, 0) is 11.8 Å². The third-order valence-corrected chi connectivity index (χ3v) is 8.59. The van der Waals surface area contributed by atoms with Gasteiger partial charge in [0.1, 0.15) is 6.29 Å². The van der Waals surface area contributed by atoms with Crippen LogP contribution in [0.15, 0.2) is 84.9 Å². The Morgan fingerprint density at radius 1 is 0.769 bits per heavy atom. The van der Waals surface area contributed by atoms with Crippen LogP contribution in [0.25, 0.3) is 11.1 Å². The molecule has 0 spiro atoms. The van der Waals surface area contributed by atoms with Crippen molar-refractivity contribution >= 4 is 12.0 Å². The van der Waals surface area contributed by atoms with Crippen LogP contribution in [0.2, 0.25) is 0 Å². The monoisotopic (exact) mass is 515 g/mol. The Morgan fingerprint density at radius 2 is 1.44 bits per heavy atom. The molecular weight excluding hydrogens is 474 g/mol. The second-order valence-corrected chi connectivity index (χ2v) is 11.4. The smallest absolute Gasteiger partial charge is 0.150 e. The summed E-state index contributed by atoms with van der Waals surface area (Å²) >= 11 is 0. The molecule has 0 radical (unpaired) electrons. The second-order valence-electron chi connectivity index (χ2n) is 11.4. The van der Waals surface area contributed by atoms with E-state index in [4.69, 9.17) is 0 Å². The Bertz CT molecular complexity index is 1400. The van der Waals surface area contributed by atoms with Gasteiger partial charge in [0.15, 0.2) is 0 Å². The van der Waals surface area contributed by atoms with Crippen LogP contribution in [0, 0.1) is 13.8 Å². The number of carbonyl (C=O) groups excluding carboxylic acids is 1. The molecule has 2 heteroatoms. The van der Waals surface area contributed by atoms with Crippen molar-refractivity contribution in [3.63, 3.8) is 0 Å². The fraction of sp³-hybridized carbons (Fsp3) is 0.324. The van der Waals surface area contributed by atoms with Crippen LogP contribution in [-0.4, -0.2) is 19.9 Å². The molecule has 5 rings (SSSR count). The van der Waals surface area contributed by atoms with Gasteiger partial charge in [-0.2, -0.15) is 0 Å². The summed E-state index contributed by atoms with van der Waals surface area (Å²) in [7, 11) is 2.16. The van der Waals surface area contributed by atoms with Crippen molar-refractivity contribution in [1.29, 1.82) is 0 Å². The molecule has 1 aliphatic carbocycles. The number of rotatable bonds is 11. The van der Waals surface area contributed by atoms with Gasteiger partial charge in [0.2, 0.25) is 0 Å². The molecule has 0 N–H and O–H groups in total. The minimum atomic E-state index is -0.223. The van der Waals surface area contributed by atoms with Crippen molar-refractivity contribution in [2.75, 3.05) is 18.5 Å². The van der Waals surface area contributed by atoms with E-state index in [1.165, 1.54) is 70.2 Å². The number of benzene rings is 4. The highest BCUT2D eigenvalue weighted by atomic mass is 16.1. The lowest BCUT2D eigenvalue weighted by Crippen LogP contribution is -2.33. The number of aryl methyl sites for hydroxylation is 3. The predicted molar refractivity (Wildman–Crippen MR) is 165 cm³/mol. The second kappa shape index (κ2) is 11.6. The van der Waals surface area contributed by atoms with Crippen LogP contribution < -0.4 is 4.90 Å². The summed E-state index contributed by atoms with van der Waals surface area (Å²) in [6, 6.07) is 31.4. The van der Waals surface area contributed by atoms with Crippen molar-refractivity contribution in [1.82, 2.24) is 0 Å². The Morgan fingerprint density at radius 3 is 2.05 bits per heavy atom. The molecule has 39 heavy (non-hydrogen) atoms. The first-order valence-electron chi connectivity index (χ1n) is 14.5. The van der Waals surface area contributed by atoms with E-state index >= 15 is 0 Å². The molecule has 0 saturated heterocycles. The highest BCUT2D eigenvalue weighted by Gasteiger charge is 2.44. The Kier molecular flexibility index (Phi) is 8.02. The van der Waals surface area contributed by atoms with E-state index in [2.05, 4.69) is 106 Å². The third-order valence-electron chi connectivity index (χ3n) is 8.59. The van der Waals surface area contributed by atoms with E-state index in [1.54, 1.807) is 0 Å². The van der Waals surface area contributed by atoms with E-state index < -0.39 is 0 Å². The van der Waals surface area contributed by atoms with E-state index in [-0.39, 0.29) is 5.41 Å². The lowest BCUT2D eigenvalue weighted by molar-refractivity contribution is 0.112. The van der Waals surface area contributed by atoms with E-state index in [9.17, 15) is 4.79 Å². The lowest BCUT2D eigenvalue weighted by Gasteiger charge is -2.36. The Balaban J connectivity index is 1.60. The van der Waals surface area contributed by atoms with Gasteiger partial charge >= 0.3 is 0 Å². The molecule has 1 aliphatic rings. The zero-order valence-corrected chi connectivity index (χ0v) is 24.0. The first-order chi connectivity index (χ1) is 19.0. The van der Waals surface area contributed by atoms with Gasteiger partial charge in [-0.3, -0.25) is 4.79 Å². The van der Waals surface area contributed by atoms with Crippen molar-refractivity contribution in [3.8, 4) is 11.1 Å². The van der Waals surface area contributed by atoms with Crippen molar-refractivity contribution in [2.45, 2.75) is 64.7 Å². The number of anilines is 1. The van der Waals surface area contributed by atoms with Gasteiger partial charge in [-0.25, -0.2) is 0 Å². The molecule has 0 amide bonds. The third kappa shape index (κ3) is 5.30. The van der Waals surface area contributed by atoms with Gasteiger partial charge in [-0.05, 0) is 90.8 Å². The number of hydrogen-bond acceptors (Lipinski definition) is 2. The molecule has 0 saturated carbocycles. The average Bonchev–Trinajstić information content (AvgIpc) is 3.23. The van der Waals surface area contributed by atoms with Gasteiger partial charge in [0.05, 0.1) is 0 Å². The lowest BCUT2D eigenvalue weighted by atomic mass is 9.69. The van der Waals surface area contributed by atoms with E-state index in [0.29, 0.717) is 5.56 Å². The van der Waals surface area contributed by atoms with Gasteiger partial charge in [0.25, 0.3) is 0 Å². The normalized spacial score (nSPS) is 13.1. The van der Waals surface area contributed by atoms with E-state index in [1.807, 2.05) is 12.1 Å². The van der Waals surface area contributed by atoms with Crippen LogP contribution in [0.4, 0.5) is 5.69 Å². The molecule has 0 bridgehead atoms. The van der Waals surface area contributed by atoms with Gasteiger partial charge < -0.3 is 4.90 Å². The molecule has 2 nitrogen and oxygen atoms in total. The minimum Gasteiger partial charge on any atom is -0.375 e. The highest BCUT2D eigenvalue weighted by molar-refractivity contribution is 5.84. The number of fused-ring (bicyclic) bond motifs is 3. The summed E-state index contributed by atoms with van der Waals surface area (Å²) in [6.07, 6.45) is 8.12. The van der Waals surface area contributed by atoms with Crippen LogP contribution >= 0.6 is 0 Å². The summed E-state index contributed by atoms with van der Waals surface area (Å²) in [6.45, 7) is 7.59. The number of nitrogens with zero attached hydrogens (tertiary/aromatic N) is 1. The van der Waals surface area contributed by atoms with E-state index in [0.717, 1.165) is 31.4 Å². The quantitative estimate of drug-likeness (QED) is 0.147. The molecule has 4 aromatic carbocycles. The number of carbonyl (C=O) groups is 1. The molecule has 0 aromatic heterocycles. The molecule has 4 aromatic rings. The summed E-state index contributed by atoms with van der Waals surface area (Å²) in [5.41, 5.74) is 12.6. The summed E-state index contributed by atoms with van der Waals surface area (Å²) < 4.78 is 0. The van der Waals surface area contributed by atoms with Gasteiger partial charge in [-0.1, -0.05) is 98.0 Å². The first-order valence-corrected chi connectivity index (χ1v) is 14.5. The molecule has 0 atom stereocenters. The summed E-state index contributed by atoms with van der Waals surface area (Å²) in [5.74, 6) is 0. The van der Waals surface area contributed by atoms with Crippen LogP contribution in [0.3, 0.4) is 0 Å². The van der Waals surface area contributed by atoms with Crippen molar-refractivity contribution in [2.24, 2.45) is 0 Å². The molecule has 0 aliphatic heterocycles. The number of unbranched alkanes of at least 4 members (excludes halogenated alkanes) is 3. The predicted octanol–water partition coefficient (Wildman–Crippen LogP) is 9.08. The summed E-state index contributed by atoms with van der Waals surface area (Å²) in [4.78, 5) is 13.5. The zero-order valence-electron chi connectivity index (χ0n) is 24.0. The Hall–Kier alpha value is -3.65. The van der Waals surface area contributed by atoms with Crippen LogP contribution in [0.5, 0.6) is 0 Å². The first kappa shape index (κ1) is 26.9. The SMILES string of the molecule is CCCCCCc1cccc(C2(CCN(C)c3ccc(C=O)cc3)c3cc(C)ccc3-c3ccc(C)cc32)c1. The van der Waals surface area contributed by atoms with Crippen LogP contribution in [0.1, 0.15) is 82.8 Å². The fourth-order valence-electron chi connectivity index (χ4n) is 6.38. The number of hydrogen-bond donors (Lipinski definition) is 0. The molecule has 200 valence electrons. The van der Waals surface area contributed by atoms with Crippen molar-refractivity contribution < 1.29 is 4.79 Å². The maximum absolute atomic E-state index is 11.2. The van der Waals surface area contributed by atoms with Gasteiger partial charge in [-0.15, -0.1) is 0 Å². The largest absolute Gasteiger partial charge is 0.375 e. The number of aldehydes is 1. The fourth-order valence-corrected chi connectivity index (χ4v) is 6.38. The minimum absolute atomic E-state index is 0.223. The van der Waals surface area contributed by atoms with Gasteiger partial charge in [0, 0.05) is 30.3 Å². The Labute approximate surface area is 234 Å². The van der Waals surface area contributed by atoms with Crippen molar-refractivity contribution in [3.05, 3.63) is 124 Å². The summed E-state index contributed by atoms with van der Waals surface area (Å²) in [5, 5.41) is 0. The molecule has 0 unspecified atom stereocenters. The maximum Gasteiger partial charge on any atom is 0.150 e. The molecule has 0 heterocycles. The molecule has 0 fully saturated rings. The molecular formula is C37H41NO. The zero-order chi connectivity index (χ0) is 27.4. The standard InChI is InChI=1S/C37H41NO/c1-5-6-7-8-10-29-11-9-12-31(25-29)37(21-22-38(4)32-17-15-30(26-39)16-18-32)35-23-27(2)13-19-33(35)34-20-14-28(3)24-36(34)37/h9,11-20,23-26H,5-8,10,21-22H2,1-4H3. The topological polar surface area (TPSA) is 20.3 Å². The average molecular weight is 516 g/mol. The highest BCUT2D eigenvalue weighted by Crippen LogP contribution is 2.55. The maximum atomic E-state index is 11.2.